The third kappa shape index (κ3) is 8.41. The van der Waals surface area contributed by atoms with E-state index < -0.39 is 48.1 Å². The number of hydrogen-bond acceptors (Lipinski definition) is 6. The van der Waals surface area contributed by atoms with Gasteiger partial charge in [-0.2, -0.15) is 5.26 Å². The van der Waals surface area contributed by atoms with E-state index in [-0.39, 0.29) is 31.1 Å². The lowest BCUT2D eigenvalue weighted by atomic mass is 9.89. The number of carbonyl (C=O) groups excluding carboxylic acids is 3. The number of nitrogens with zero attached hydrogens (tertiary/aromatic N) is 1. The molecule has 40 heavy (non-hydrogen) atoms. The molecule has 1 aliphatic rings. The maximum absolute atomic E-state index is 13.4. The van der Waals surface area contributed by atoms with E-state index in [2.05, 4.69) is 21.3 Å². The van der Waals surface area contributed by atoms with Gasteiger partial charge in [0, 0.05) is 18.9 Å². The number of hydrogen-bond donors (Lipinski definition) is 6. The van der Waals surface area contributed by atoms with E-state index in [1.54, 1.807) is 6.07 Å². The molecule has 1 heterocycles. The number of carbonyl (C=O) groups is 4. The van der Waals surface area contributed by atoms with Crippen LogP contribution in [-0.4, -0.2) is 64.8 Å². The summed E-state index contributed by atoms with van der Waals surface area (Å²) < 4.78 is 0. The summed E-state index contributed by atoms with van der Waals surface area (Å²) in [7, 11) is 0. The van der Waals surface area contributed by atoms with Crippen LogP contribution in [0.3, 0.4) is 0 Å². The van der Waals surface area contributed by atoms with Crippen LogP contribution in [0.2, 0.25) is 0 Å². The molecule has 4 amide bonds. The van der Waals surface area contributed by atoms with Crippen molar-refractivity contribution in [2.75, 3.05) is 6.54 Å². The van der Waals surface area contributed by atoms with Crippen molar-refractivity contribution in [3.8, 4) is 6.07 Å². The highest BCUT2D eigenvalue weighted by molar-refractivity contribution is 5.92. The summed E-state index contributed by atoms with van der Waals surface area (Å²) in [5.74, 6) is -2.00. The number of nitriles is 1. The second-order valence-corrected chi connectivity index (χ2v) is 10.6. The van der Waals surface area contributed by atoms with Gasteiger partial charge in [-0.1, -0.05) is 56.3 Å². The fourth-order valence-electron chi connectivity index (χ4n) is 5.03. The Morgan fingerprint density at radius 3 is 2.42 bits per heavy atom. The van der Waals surface area contributed by atoms with Crippen LogP contribution in [0.15, 0.2) is 42.5 Å². The standard InChI is InChI=1S/C29H37N5O6/c1-17(2)13-23(27(37)32-22(25(35)16-30)15-20-10-6-12-31-26(20)36)33-28(38)24(34-29(39)40)14-19-9-5-8-18-7-3-4-11-21(18)19/h3-5,7-9,11,17,20,22-25,34-35H,6,10,12-15H2,1-2H3,(H,31,36)(H,32,37)(H,33,38)(H,39,40)/t20?,22-,23?,24?,25+/m0/s1. The fraction of sp³-hybridized carbons (Fsp3) is 0.483. The topological polar surface area (TPSA) is 181 Å². The summed E-state index contributed by atoms with van der Waals surface area (Å²) in [4.78, 5) is 50.6. The Balaban J connectivity index is 1.78. The average molecular weight is 552 g/mol. The molecule has 11 nitrogen and oxygen atoms in total. The number of nitrogens with one attached hydrogen (secondary N) is 4. The van der Waals surface area contributed by atoms with Gasteiger partial charge < -0.3 is 31.5 Å². The number of carboxylic acid groups (broad SMARTS) is 1. The molecule has 1 fully saturated rings. The molecule has 5 atom stereocenters. The van der Waals surface area contributed by atoms with Crippen molar-refractivity contribution < 1.29 is 29.4 Å². The van der Waals surface area contributed by atoms with E-state index in [0.29, 0.717) is 13.0 Å². The summed E-state index contributed by atoms with van der Waals surface area (Å²) in [5.41, 5.74) is 0.764. The first-order valence-corrected chi connectivity index (χ1v) is 13.5. The highest BCUT2D eigenvalue weighted by Crippen LogP contribution is 2.21. The molecule has 214 valence electrons. The molecule has 2 aromatic carbocycles. The monoisotopic (exact) mass is 551 g/mol. The molecular formula is C29H37N5O6. The van der Waals surface area contributed by atoms with Crippen LogP contribution in [0.4, 0.5) is 4.79 Å². The zero-order valence-electron chi connectivity index (χ0n) is 22.7. The summed E-state index contributed by atoms with van der Waals surface area (Å²) in [6, 6.07) is 11.6. The predicted octanol–water partition coefficient (Wildman–Crippen LogP) is 1.83. The highest BCUT2D eigenvalue weighted by Gasteiger charge is 2.33. The van der Waals surface area contributed by atoms with Gasteiger partial charge in [-0.25, -0.2) is 4.79 Å². The number of rotatable bonds is 12. The number of amides is 4. The van der Waals surface area contributed by atoms with Gasteiger partial charge >= 0.3 is 6.09 Å². The SMILES string of the molecule is CC(C)CC(NC(=O)C(Cc1cccc2ccccc12)NC(=O)O)C(=O)N[C@@H](CC1CCCNC1=O)[C@H](O)C#N. The van der Waals surface area contributed by atoms with Gasteiger partial charge in [-0.05, 0) is 47.9 Å². The van der Waals surface area contributed by atoms with Crippen LogP contribution in [0.25, 0.3) is 10.8 Å². The van der Waals surface area contributed by atoms with E-state index in [1.165, 1.54) is 0 Å². The fourth-order valence-corrected chi connectivity index (χ4v) is 5.03. The lowest BCUT2D eigenvalue weighted by Gasteiger charge is -2.30. The van der Waals surface area contributed by atoms with Crippen molar-refractivity contribution >= 4 is 34.6 Å². The summed E-state index contributed by atoms with van der Waals surface area (Å²) in [6.07, 6.45) is -1.26. The highest BCUT2D eigenvalue weighted by atomic mass is 16.4. The average Bonchev–Trinajstić information content (AvgIpc) is 2.92. The van der Waals surface area contributed by atoms with Crippen LogP contribution >= 0.6 is 0 Å². The van der Waals surface area contributed by atoms with Crippen LogP contribution in [0.5, 0.6) is 0 Å². The van der Waals surface area contributed by atoms with Gasteiger partial charge in [0.05, 0.1) is 12.1 Å². The Morgan fingerprint density at radius 1 is 1.05 bits per heavy atom. The minimum absolute atomic E-state index is 0.0246. The molecule has 0 aromatic heterocycles. The Bertz CT molecular complexity index is 1250. The molecular weight excluding hydrogens is 514 g/mol. The van der Waals surface area contributed by atoms with Gasteiger partial charge in [-0.15, -0.1) is 0 Å². The van der Waals surface area contributed by atoms with E-state index in [1.807, 2.05) is 56.3 Å². The molecule has 0 bridgehead atoms. The molecule has 3 unspecified atom stereocenters. The van der Waals surface area contributed by atoms with Gasteiger partial charge in [0.1, 0.15) is 12.1 Å². The number of aliphatic hydroxyl groups excluding tert-OH is 1. The molecule has 6 N–H and O–H groups in total. The molecule has 0 saturated carbocycles. The van der Waals surface area contributed by atoms with Crippen LogP contribution < -0.4 is 21.3 Å². The van der Waals surface area contributed by atoms with Crippen molar-refractivity contribution in [1.82, 2.24) is 21.3 Å². The minimum atomic E-state index is -1.55. The Hall–Kier alpha value is -4.17. The summed E-state index contributed by atoms with van der Waals surface area (Å²) in [6.45, 7) is 4.28. The van der Waals surface area contributed by atoms with Crippen molar-refractivity contribution in [2.45, 2.75) is 70.2 Å². The minimum Gasteiger partial charge on any atom is -0.465 e. The molecule has 0 spiro atoms. The number of aliphatic hydroxyl groups is 1. The zero-order valence-corrected chi connectivity index (χ0v) is 22.7. The van der Waals surface area contributed by atoms with Gasteiger partial charge in [-0.3, -0.25) is 14.4 Å². The Labute approximate surface area is 233 Å². The molecule has 3 rings (SSSR count). The van der Waals surface area contributed by atoms with Crippen LogP contribution in [0.1, 0.15) is 45.1 Å². The Morgan fingerprint density at radius 2 is 1.75 bits per heavy atom. The predicted molar refractivity (Wildman–Crippen MR) is 148 cm³/mol. The summed E-state index contributed by atoms with van der Waals surface area (Å²) in [5, 5.41) is 41.2. The number of piperidine rings is 1. The van der Waals surface area contributed by atoms with Gasteiger partial charge in [0.25, 0.3) is 0 Å². The van der Waals surface area contributed by atoms with Crippen molar-refractivity contribution in [2.24, 2.45) is 11.8 Å². The molecule has 1 aliphatic heterocycles. The molecule has 0 aliphatic carbocycles. The number of fused-ring (bicyclic) bond motifs is 1. The van der Waals surface area contributed by atoms with E-state index in [0.717, 1.165) is 22.8 Å². The first-order valence-electron chi connectivity index (χ1n) is 13.5. The van der Waals surface area contributed by atoms with E-state index >= 15 is 0 Å². The quantitative estimate of drug-likeness (QED) is 0.218. The molecule has 0 radical (unpaired) electrons. The molecule has 1 saturated heterocycles. The first-order chi connectivity index (χ1) is 19.1. The normalized spacial score (nSPS) is 18.1. The van der Waals surface area contributed by atoms with Crippen molar-refractivity contribution in [3.63, 3.8) is 0 Å². The third-order valence-electron chi connectivity index (χ3n) is 7.04. The smallest absolute Gasteiger partial charge is 0.405 e. The molecule has 2 aromatic rings. The number of benzene rings is 2. The second-order valence-electron chi connectivity index (χ2n) is 10.6. The van der Waals surface area contributed by atoms with Gasteiger partial charge in [0.2, 0.25) is 17.7 Å². The first kappa shape index (κ1) is 30.4. The van der Waals surface area contributed by atoms with Crippen molar-refractivity contribution in [3.05, 3.63) is 48.0 Å². The second kappa shape index (κ2) is 14.3. The maximum atomic E-state index is 13.4. The largest absolute Gasteiger partial charge is 0.465 e. The van der Waals surface area contributed by atoms with Crippen LogP contribution in [0, 0.1) is 23.2 Å². The lowest BCUT2D eigenvalue weighted by Crippen LogP contribution is -2.57. The van der Waals surface area contributed by atoms with Crippen molar-refractivity contribution in [1.29, 1.82) is 5.26 Å². The lowest BCUT2D eigenvalue weighted by molar-refractivity contribution is -0.131. The maximum Gasteiger partial charge on any atom is 0.405 e. The zero-order chi connectivity index (χ0) is 29.2. The molecule has 11 heteroatoms. The van der Waals surface area contributed by atoms with Gasteiger partial charge in [0.15, 0.2) is 6.10 Å². The van der Waals surface area contributed by atoms with Crippen LogP contribution in [-0.2, 0) is 20.8 Å². The Kier molecular flexibility index (Phi) is 10.8. The third-order valence-corrected chi connectivity index (χ3v) is 7.04. The summed E-state index contributed by atoms with van der Waals surface area (Å²) >= 11 is 0. The van der Waals surface area contributed by atoms with E-state index in [9.17, 15) is 34.7 Å². The van der Waals surface area contributed by atoms with E-state index in [4.69, 9.17) is 0 Å².